The van der Waals surface area contributed by atoms with E-state index < -0.39 is 0 Å². The molecule has 1 saturated heterocycles. The van der Waals surface area contributed by atoms with Gasteiger partial charge in [0, 0.05) is 74.3 Å². The van der Waals surface area contributed by atoms with Gasteiger partial charge in [-0.1, -0.05) is 60.7 Å². The number of fused-ring (bicyclic) bond motifs is 2. The summed E-state index contributed by atoms with van der Waals surface area (Å²) in [6.07, 6.45) is 2.49. The lowest BCUT2D eigenvalue weighted by atomic mass is 9.92. The predicted molar refractivity (Wildman–Crippen MR) is 225 cm³/mol. The number of likely N-dealkylation sites (N-methyl/N-ethyl adjacent to an activating group) is 1. The average molecular weight is 795 g/mol. The second-order valence-corrected chi connectivity index (χ2v) is 14.1. The molecule has 12 heteroatoms. The summed E-state index contributed by atoms with van der Waals surface area (Å²) in [5, 5.41) is 21.9. The number of methoxy groups -OCH3 is 1. The molecule has 2 aliphatic rings. The van der Waals surface area contributed by atoms with Gasteiger partial charge in [-0.3, -0.25) is 19.4 Å². The maximum Gasteiger partial charge on any atom is 0.265 e. The molecule has 0 aliphatic carbocycles. The lowest BCUT2D eigenvalue weighted by Crippen LogP contribution is -2.53. The second kappa shape index (κ2) is 17.1. The number of phenolic OH excluding ortho intramolecular Hbond substituents is 2. The molecule has 56 heavy (non-hydrogen) atoms. The van der Waals surface area contributed by atoms with Crippen molar-refractivity contribution in [1.82, 2.24) is 19.3 Å². The summed E-state index contributed by atoms with van der Waals surface area (Å²) in [4.78, 5) is 38.2. The van der Waals surface area contributed by atoms with Crippen LogP contribution in [0, 0.1) is 0 Å². The van der Waals surface area contributed by atoms with Crippen LogP contribution in [0.4, 0.5) is 11.4 Å². The summed E-state index contributed by atoms with van der Waals surface area (Å²) < 4.78 is 7.45. The Balaban J connectivity index is 0.00000266. The van der Waals surface area contributed by atoms with E-state index in [-0.39, 0.29) is 59.9 Å². The van der Waals surface area contributed by atoms with Gasteiger partial charge in [0.05, 0.1) is 29.4 Å². The van der Waals surface area contributed by atoms with Crippen LogP contribution in [0.2, 0.25) is 0 Å². The highest BCUT2D eigenvalue weighted by Crippen LogP contribution is 2.38. The zero-order valence-electron chi connectivity index (χ0n) is 31.2. The molecule has 2 aliphatic heterocycles. The molecule has 1 fully saturated rings. The number of carbonyl (C=O) groups is 2. The minimum absolute atomic E-state index is 0. The number of hydrogen-bond acceptors (Lipinski definition) is 7. The quantitative estimate of drug-likeness (QED) is 0.163. The van der Waals surface area contributed by atoms with Crippen molar-refractivity contribution in [3.05, 3.63) is 144 Å². The van der Waals surface area contributed by atoms with Gasteiger partial charge in [-0.25, -0.2) is 0 Å². The maximum absolute atomic E-state index is 15.1. The van der Waals surface area contributed by atoms with E-state index in [0.29, 0.717) is 45.6 Å². The molecule has 10 nitrogen and oxygen atoms in total. The van der Waals surface area contributed by atoms with Crippen molar-refractivity contribution in [2.75, 3.05) is 51.8 Å². The van der Waals surface area contributed by atoms with E-state index in [9.17, 15) is 15.0 Å². The molecule has 0 radical (unpaired) electrons. The first kappa shape index (κ1) is 40.2. The molecule has 2 N–H and O–H groups in total. The Labute approximate surface area is 338 Å². The molecule has 5 aromatic carbocycles. The number of rotatable bonds is 8. The predicted octanol–water partition coefficient (Wildman–Crippen LogP) is 7.69. The second-order valence-electron chi connectivity index (χ2n) is 14.1. The largest absolute Gasteiger partial charge is 0.508 e. The first-order valence-corrected chi connectivity index (χ1v) is 18.3. The topological polar surface area (TPSA) is 102 Å². The molecule has 0 spiro atoms. The van der Waals surface area contributed by atoms with E-state index in [1.165, 1.54) is 18.7 Å². The molecule has 2 amide bonds. The maximum atomic E-state index is 15.1. The fourth-order valence-electron chi connectivity index (χ4n) is 7.80. The molecule has 0 bridgehead atoms. The van der Waals surface area contributed by atoms with Gasteiger partial charge in [-0.15, -0.1) is 24.8 Å². The standard InChI is InChI=1S/C44H43N5O5.2ClH/c1-45-20-22-46(23-21-45)28-34-24-30-10-6-7-11-31(30)27-47(34)43(52)37-25-41(51)42(54-2)26-40(37)48-29-38(36-14-8-9-15-39(36)48)44(53)49(32-12-4-3-5-13-32)33-16-18-35(50)19-17-33;;/h3-19,25-26,29,34,50-51H,20-24,27-28H2,1-2H3;2*1H/t34-;;/m0../s1. The number of amides is 2. The number of nitrogens with zero attached hydrogens (tertiary/aromatic N) is 5. The van der Waals surface area contributed by atoms with Gasteiger partial charge in [-0.05, 0) is 73.1 Å². The van der Waals surface area contributed by atoms with E-state index in [4.69, 9.17) is 4.74 Å². The third kappa shape index (κ3) is 7.79. The van der Waals surface area contributed by atoms with Crippen LogP contribution in [-0.2, 0) is 13.0 Å². The molecule has 1 atom stereocenters. The van der Waals surface area contributed by atoms with Gasteiger partial charge in [0.25, 0.3) is 11.8 Å². The highest BCUT2D eigenvalue weighted by molar-refractivity contribution is 6.17. The molecule has 0 unspecified atom stereocenters. The van der Waals surface area contributed by atoms with E-state index in [1.807, 2.05) is 70.1 Å². The lowest BCUT2D eigenvalue weighted by molar-refractivity contribution is 0.0535. The highest BCUT2D eigenvalue weighted by Gasteiger charge is 2.34. The highest BCUT2D eigenvalue weighted by atomic mass is 35.5. The fraction of sp³-hybridized carbons (Fsp3) is 0.227. The molecule has 0 saturated carbocycles. The number of hydrogen-bond donors (Lipinski definition) is 2. The van der Waals surface area contributed by atoms with Gasteiger partial charge in [0.1, 0.15) is 5.75 Å². The van der Waals surface area contributed by atoms with E-state index >= 15 is 4.79 Å². The number of anilines is 2. The van der Waals surface area contributed by atoms with Gasteiger partial charge < -0.3 is 29.3 Å². The summed E-state index contributed by atoms with van der Waals surface area (Å²) in [5.74, 6) is -0.344. The number of phenols is 2. The monoisotopic (exact) mass is 793 g/mol. The Morgan fingerprint density at radius 2 is 1.41 bits per heavy atom. The number of ether oxygens (including phenoxy) is 1. The van der Waals surface area contributed by atoms with Crippen LogP contribution in [0.3, 0.4) is 0 Å². The summed E-state index contributed by atoms with van der Waals surface area (Å²) in [7, 11) is 3.62. The Morgan fingerprint density at radius 1 is 0.768 bits per heavy atom. The summed E-state index contributed by atoms with van der Waals surface area (Å²) in [5.41, 5.74) is 5.49. The van der Waals surface area contributed by atoms with Crippen LogP contribution >= 0.6 is 24.8 Å². The summed E-state index contributed by atoms with van der Waals surface area (Å²) in [6.45, 7) is 4.99. The van der Waals surface area contributed by atoms with Gasteiger partial charge in [-0.2, -0.15) is 0 Å². The van der Waals surface area contributed by atoms with E-state index in [2.05, 4.69) is 35.0 Å². The van der Waals surface area contributed by atoms with Gasteiger partial charge in [0.15, 0.2) is 11.5 Å². The van der Waals surface area contributed by atoms with Crippen molar-refractivity contribution in [2.45, 2.75) is 19.0 Å². The van der Waals surface area contributed by atoms with Crippen molar-refractivity contribution in [3.8, 4) is 22.9 Å². The minimum atomic E-state index is -0.291. The SMILES string of the molecule is COc1cc(-n2cc(C(=O)N(c3ccccc3)c3ccc(O)cc3)c3ccccc32)c(C(=O)N2Cc3ccccc3C[C@H]2CN2CCN(C)CC2)cc1O.Cl.Cl. The Hall–Kier alpha value is -5.52. The van der Waals surface area contributed by atoms with Crippen LogP contribution in [0.1, 0.15) is 31.8 Å². The fourth-order valence-corrected chi connectivity index (χ4v) is 7.80. The number of carbonyl (C=O) groups excluding carboxylic acids is 2. The molecular formula is C44H45Cl2N5O5. The average Bonchev–Trinajstić information content (AvgIpc) is 3.59. The molecular weight excluding hydrogens is 749 g/mol. The minimum Gasteiger partial charge on any atom is -0.508 e. The molecule has 6 aromatic rings. The summed E-state index contributed by atoms with van der Waals surface area (Å²) >= 11 is 0. The van der Waals surface area contributed by atoms with Crippen LogP contribution in [0.15, 0.2) is 121 Å². The molecule has 8 rings (SSSR count). The third-order valence-electron chi connectivity index (χ3n) is 10.7. The number of para-hydroxylation sites is 2. The van der Waals surface area contributed by atoms with Crippen molar-refractivity contribution >= 4 is 58.9 Å². The Morgan fingerprint density at radius 3 is 2.12 bits per heavy atom. The van der Waals surface area contributed by atoms with Gasteiger partial charge in [0.2, 0.25) is 0 Å². The lowest BCUT2D eigenvalue weighted by Gasteiger charge is -2.41. The van der Waals surface area contributed by atoms with E-state index in [1.54, 1.807) is 41.4 Å². The smallest absolute Gasteiger partial charge is 0.265 e. The Bertz CT molecular complexity index is 2330. The van der Waals surface area contributed by atoms with Crippen molar-refractivity contribution in [1.29, 1.82) is 0 Å². The van der Waals surface area contributed by atoms with Crippen LogP contribution in [-0.4, -0.2) is 94.2 Å². The van der Waals surface area contributed by atoms with Crippen molar-refractivity contribution in [3.63, 3.8) is 0 Å². The molecule has 290 valence electrons. The Kier molecular flexibility index (Phi) is 12.3. The number of benzene rings is 5. The van der Waals surface area contributed by atoms with Crippen molar-refractivity contribution < 1.29 is 24.5 Å². The number of aromatic nitrogens is 1. The summed E-state index contributed by atoms with van der Waals surface area (Å²) in [6, 6.07) is 34.8. The normalized spacial score (nSPS) is 15.7. The van der Waals surface area contributed by atoms with E-state index in [0.717, 1.165) is 44.7 Å². The zero-order valence-corrected chi connectivity index (χ0v) is 32.9. The van der Waals surface area contributed by atoms with Crippen molar-refractivity contribution in [2.24, 2.45) is 0 Å². The van der Waals surface area contributed by atoms with Crippen LogP contribution < -0.4 is 9.64 Å². The van der Waals surface area contributed by atoms with Gasteiger partial charge >= 0.3 is 0 Å². The first-order valence-electron chi connectivity index (χ1n) is 18.3. The molecule has 1 aromatic heterocycles. The van der Waals surface area contributed by atoms with Crippen LogP contribution in [0.5, 0.6) is 17.2 Å². The molecule has 3 heterocycles. The zero-order chi connectivity index (χ0) is 37.3. The van der Waals surface area contributed by atoms with Crippen LogP contribution in [0.25, 0.3) is 16.6 Å². The third-order valence-corrected chi connectivity index (χ3v) is 10.7. The number of piperazine rings is 1. The number of halogens is 2. The number of aromatic hydroxyl groups is 2. The first-order chi connectivity index (χ1) is 26.3.